The van der Waals surface area contributed by atoms with Crippen molar-refractivity contribution in [1.29, 1.82) is 0 Å². The van der Waals surface area contributed by atoms with Crippen LogP contribution in [0, 0.1) is 0 Å². The van der Waals surface area contributed by atoms with Crippen LogP contribution in [-0.4, -0.2) is 28.9 Å². The van der Waals surface area contributed by atoms with Gasteiger partial charge >= 0.3 is 0 Å². The predicted molar refractivity (Wildman–Crippen MR) is 127 cm³/mol. The molecular formula is C24H19Cl2N3O4. The SMILES string of the molecule is O=C(Nc1ccc(C(=O)Nc2cccc(C(=O)NC3CC3)c2)c(O)c1)c1cc(Cl)cc(Cl)c1. The molecule has 3 aromatic carbocycles. The average Bonchev–Trinajstić information content (AvgIpc) is 3.57. The number of phenolic OH excluding ortho intramolecular Hbond substituents is 1. The average molecular weight is 484 g/mol. The van der Waals surface area contributed by atoms with E-state index in [9.17, 15) is 19.5 Å². The minimum absolute atomic E-state index is 0.00614. The molecule has 0 heterocycles. The number of carbonyl (C=O) groups excluding carboxylic acids is 3. The van der Waals surface area contributed by atoms with Crippen LogP contribution in [0.4, 0.5) is 11.4 Å². The van der Waals surface area contributed by atoms with Crippen molar-refractivity contribution in [3.05, 3.63) is 87.4 Å². The van der Waals surface area contributed by atoms with E-state index in [1.807, 2.05) is 0 Å². The normalized spacial score (nSPS) is 12.7. The van der Waals surface area contributed by atoms with Gasteiger partial charge in [0.05, 0.1) is 5.56 Å². The van der Waals surface area contributed by atoms with Crippen LogP contribution in [-0.2, 0) is 0 Å². The van der Waals surface area contributed by atoms with Crippen LogP contribution in [0.5, 0.6) is 5.75 Å². The maximum Gasteiger partial charge on any atom is 0.259 e. The van der Waals surface area contributed by atoms with Gasteiger partial charge in [0.2, 0.25) is 0 Å². The van der Waals surface area contributed by atoms with Crippen LogP contribution < -0.4 is 16.0 Å². The second-order valence-corrected chi connectivity index (χ2v) is 8.50. The Morgan fingerprint density at radius 1 is 0.758 bits per heavy atom. The molecule has 0 radical (unpaired) electrons. The maximum absolute atomic E-state index is 12.6. The highest BCUT2D eigenvalue weighted by molar-refractivity contribution is 6.35. The van der Waals surface area contributed by atoms with Crippen LogP contribution in [0.2, 0.25) is 10.0 Å². The number of phenols is 1. The summed E-state index contributed by atoms with van der Waals surface area (Å²) in [5, 5.41) is 19.1. The summed E-state index contributed by atoms with van der Waals surface area (Å²) >= 11 is 11.9. The summed E-state index contributed by atoms with van der Waals surface area (Å²) in [7, 11) is 0. The highest BCUT2D eigenvalue weighted by Crippen LogP contribution is 2.25. The van der Waals surface area contributed by atoms with Crippen molar-refractivity contribution in [2.45, 2.75) is 18.9 Å². The topological polar surface area (TPSA) is 108 Å². The van der Waals surface area contributed by atoms with Gasteiger partial charge in [-0.25, -0.2) is 0 Å². The number of benzene rings is 3. The highest BCUT2D eigenvalue weighted by atomic mass is 35.5. The van der Waals surface area contributed by atoms with E-state index in [1.165, 1.54) is 36.4 Å². The number of rotatable bonds is 6. The van der Waals surface area contributed by atoms with E-state index in [0.717, 1.165) is 12.8 Å². The zero-order valence-corrected chi connectivity index (χ0v) is 18.7. The Balaban J connectivity index is 1.43. The van der Waals surface area contributed by atoms with E-state index >= 15 is 0 Å². The minimum Gasteiger partial charge on any atom is -0.507 e. The molecule has 0 aromatic heterocycles. The summed E-state index contributed by atoms with van der Waals surface area (Å²) in [6, 6.07) is 15.3. The Bertz CT molecular complexity index is 1240. The summed E-state index contributed by atoms with van der Waals surface area (Å²) in [6.45, 7) is 0. The highest BCUT2D eigenvalue weighted by Gasteiger charge is 2.24. The predicted octanol–water partition coefficient (Wildman–Crippen LogP) is 5.10. The molecule has 1 aliphatic rings. The molecule has 4 N–H and O–H groups in total. The van der Waals surface area contributed by atoms with Crippen molar-refractivity contribution in [1.82, 2.24) is 5.32 Å². The van der Waals surface area contributed by atoms with E-state index in [2.05, 4.69) is 16.0 Å². The van der Waals surface area contributed by atoms with Gasteiger partial charge in [-0.3, -0.25) is 14.4 Å². The molecule has 0 bridgehead atoms. The van der Waals surface area contributed by atoms with E-state index < -0.39 is 11.8 Å². The minimum atomic E-state index is -0.563. The van der Waals surface area contributed by atoms with E-state index in [-0.39, 0.29) is 34.5 Å². The first kappa shape index (κ1) is 22.6. The fraction of sp³-hybridized carbons (Fsp3) is 0.125. The van der Waals surface area contributed by atoms with E-state index in [0.29, 0.717) is 21.3 Å². The van der Waals surface area contributed by atoms with Crippen LogP contribution >= 0.6 is 23.2 Å². The Hall–Kier alpha value is -3.55. The molecule has 0 saturated heterocycles. The van der Waals surface area contributed by atoms with Crippen LogP contribution in [0.25, 0.3) is 0 Å². The van der Waals surface area contributed by atoms with Crippen molar-refractivity contribution < 1.29 is 19.5 Å². The van der Waals surface area contributed by atoms with Gasteiger partial charge in [0, 0.05) is 44.7 Å². The summed E-state index contributed by atoms with van der Waals surface area (Å²) in [6.07, 6.45) is 1.95. The number of hydrogen-bond donors (Lipinski definition) is 4. The Morgan fingerprint density at radius 2 is 1.42 bits per heavy atom. The molecule has 1 saturated carbocycles. The molecule has 0 unspecified atom stereocenters. The monoisotopic (exact) mass is 483 g/mol. The van der Waals surface area contributed by atoms with Crippen molar-refractivity contribution in [2.75, 3.05) is 10.6 Å². The number of halogens is 2. The molecule has 168 valence electrons. The largest absolute Gasteiger partial charge is 0.507 e. The quantitative estimate of drug-likeness (QED) is 0.391. The first-order chi connectivity index (χ1) is 15.8. The maximum atomic E-state index is 12.6. The smallest absolute Gasteiger partial charge is 0.259 e. The van der Waals surface area contributed by atoms with Crippen molar-refractivity contribution in [3.8, 4) is 5.75 Å². The molecule has 0 atom stereocenters. The molecule has 1 fully saturated rings. The number of hydrogen-bond acceptors (Lipinski definition) is 4. The number of aromatic hydroxyl groups is 1. The Labute approximate surface area is 199 Å². The van der Waals surface area contributed by atoms with E-state index in [4.69, 9.17) is 23.2 Å². The van der Waals surface area contributed by atoms with Gasteiger partial charge in [0.15, 0.2) is 0 Å². The lowest BCUT2D eigenvalue weighted by Gasteiger charge is -2.11. The molecule has 0 aliphatic heterocycles. The lowest BCUT2D eigenvalue weighted by Crippen LogP contribution is -2.25. The van der Waals surface area contributed by atoms with Crippen LogP contribution in [0.1, 0.15) is 43.9 Å². The fourth-order valence-corrected chi connectivity index (χ4v) is 3.65. The number of nitrogens with one attached hydrogen (secondary N) is 3. The number of amides is 3. The summed E-state index contributed by atoms with van der Waals surface area (Å²) in [5.74, 6) is -1.56. The number of anilines is 2. The molecule has 7 nitrogen and oxygen atoms in total. The lowest BCUT2D eigenvalue weighted by atomic mass is 10.1. The second kappa shape index (κ2) is 9.52. The zero-order chi connectivity index (χ0) is 23.5. The Kier molecular flexibility index (Phi) is 6.53. The molecule has 0 spiro atoms. The van der Waals surface area contributed by atoms with Crippen LogP contribution in [0.3, 0.4) is 0 Å². The van der Waals surface area contributed by atoms with Gasteiger partial charge in [0.1, 0.15) is 5.75 Å². The summed E-state index contributed by atoms with van der Waals surface area (Å²) in [5.41, 5.74) is 1.39. The fourth-order valence-electron chi connectivity index (χ4n) is 3.12. The Morgan fingerprint density at radius 3 is 2.09 bits per heavy atom. The van der Waals surface area contributed by atoms with Crippen molar-refractivity contribution in [3.63, 3.8) is 0 Å². The molecule has 4 rings (SSSR count). The third kappa shape index (κ3) is 5.83. The standard InChI is InChI=1S/C24H19Cl2N3O4/c25-15-8-14(9-16(26)11-15)23(32)28-19-6-7-20(21(30)12-19)24(33)29-18-3-1-2-13(10-18)22(31)27-17-4-5-17/h1-3,6-12,17,30H,4-5H2,(H,27,31)(H,28,32)(H,29,33). The van der Waals surface area contributed by atoms with Crippen LogP contribution in [0.15, 0.2) is 60.7 Å². The third-order valence-corrected chi connectivity index (χ3v) is 5.36. The number of carbonyl (C=O) groups is 3. The van der Waals surface area contributed by atoms with Gasteiger partial charge in [-0.2, -0.15) is 0 Å². The van der Waals surface area contributed by atoms with Crippen molar-refractivity contribution in [2.24, 2.45) is 0 Å². The first-order valence-corrected chi connectivity index (χ1v) is 10.9. The van der Waals surface area contributed by atoms with Gasteiger partial charge in [-0.05, 0) is 61.4 Å². The molecular weight excluding hydrogens is 465 g/mol. The summed E-state index contributed by atoms with van der Waals surface area (Å²) < 4.78 is 0. The molecule has 9 heteroatoms. The van der Waals surface area contributed by atoms with E-state index in [1.54, 1.807) is 24.3 Å². The first-order valence-electron chi connectivity index (χ1n) is 10.1. The third-order valence-electron chi connectivity index (χ3n) is 4.92. The lowest BCUT2D eigenvalue weighted by molar-refractivity contribution is 0.0949. The van der Waals surface area contributed by atoms with Crippen molar-refractivity contribution >= 4 is 52.3 Å². The van der Waals surface area contributed by atoms with Gasteiger partial charge in [-0.15, -0.1) is 0 Å². The second-order valence-electron chi connectivity index (χ2n) is 7.63. The summed E-state index contributed by atoms with van der Waals surface area (Å²) in [4.78, 5) is 37.3. The molecule has 1 aliphatic carbocycles. The molecule has 33 heavy (non-hydrogen) atoms. The van der Waals surface area contributed by atoms with Gasteiger partial charge in [0.25, 0.3) is 17.7 Å². The zero-order valence-electron chi connectivity index (χ0n) is 17.2. The molecule has 3 aromatic rings. The van der Waals surface area contributed by atoms with Gasteiger partial charge in [-0.1, -0.05) is 29.3 Å². The van der Waals surface area contributed by atoms with Gasteiger partial charge < -0.3 is 21.1 Å². The molecule has 3 amide bonds.